The molecular formula is C24H26N2O2. The first-order chi connectivity index (χ1) is 13.6. The van der Waals surface area contributed by atoms with Gasteiger partial charge in [0.05, 0.1) is 7.11 Å². The highest BCUT2D eigenvalue weighted by molar-refractivity contribution is 5.90. The van der Waals surface area contributed by atoms with Crippen molar-refractivity contribution in [3.63, 3.8) is 0 Å². The van der Waals surface area contributed by atoms with E-state index in [4.69, 9.17) is 4.74 Å². The van der Waals surface area contributed by atoms with Crippen LogP contribution in [0.5, 0.6) is 5.75 Å². The van der Waals surface area contributed by atoms with Crippen LogP contribution < -0.4 is 10.1 Å². The van der Waals surface area contributed by atoms with Gasteiger partial charge >= 0.3 is 0 Å². The minimum atomic E-state index is 0.173. The topological polar surface area (TPSA) is 41.6 Å². The van der Waals surface area contributed by atoms with Crippen molar-refractivity contribution in [1.29, 1.82) is 0 Å². The summed E-state index contributed by atoms with van der Waals surface area (Å²) in [4.78, 5) is 13.5. The lowest BCUT2D eigenvalue weighted by atomic mass is 9.98. The Bertz CT molecular complexity index is 991. The summed E-state index contributed by atoms with van der Waals surface area (Å²) in [5.41, 5.74) is 3.55. The van der Waals surface area contributed by atoms with Crippen LogP contribution in [0.25, 0.3) is 21.9 Å². The smallest absolute Gasteiger partial charge is 0.219 e. The van der Waals surface area contributed by atoms with E-state index in [1.165, 1.54) is 21.9 Å². The van der Waals surface area contributed by atoms with Crippen LogP contribution in [-0.4, -0.2) is 37.0 Å². The van der Waals surface area contributed by atoms with Crippen molar-refractivity contribution >= 4 is 22.4 Å². The van der Waals surface area contributed by atoms with Crippen molar-refractivity contribution in [2.75, 3.05) is 25.5 Å². The fourth-order valence-corrected chi connectivity index (χ4v) is 3.94. The zero-order chi connectivity index (χ0) is 19.5. The van der Waals surface area contributed by atoms with E-state index in [-0.39, 0.29) is 5.91 Å². The number of carbonyl (C=O) groups is 1. The number of hydrogen-bond donors (Lipinski definition) is 1. The Morgan fingerprint density at radius 1 is 1.00 bits per heavy atom. The van der Waals surface area contributed by atoms with E-state index in [1.54, 1.807) is 14.0 Å². The Morgan fingerprint density at radius 2 is 1.71 bits per heavy atom. The predicted octanol–water partition coefficient (Wildman–Crippen LogP) is 4.94. The normalized spacial score (nSPS) is 14.9. The number of methoxy groups -OCH3 is 1. The third-order valence-corrected chi connectivity index (χ3v) is 5.59. The van der Waals surface area contributed by atoms with Crippen LogP contribution in [0.3, 0.4) is 0 Å². The van der Waals surface area contributed by atoms with Gasteiger partial charge in [-0.25, -0.2) is 0 Å². The van der Waals surface area contributed by atoms with Crippen LogP contribution in [-0.2, 0) is 4.79 Å². The van der Waals surface area contributed by atoms with Crippen molar-refractivity contribution in [1.82, 2.24) is 4.90 Å². The van der Waals surface area contributed by atoms with Gasteiger partial charge in [0.15, 0.2) is 0 Å². The zero-order valence-electron chi connectivity index (χ0n) is 16.4. The van der Waals surface area contributed by atoms with Crippen LogP contribution in [0.1, 0.15) is 19.8 Å². The molecule has 1 N–H and O–H groups in total. The third kappa shape index (κ3) is 3.81. The van der Waals surface area contributed by atoms with E-state index in [2.05, 4.69) is 59.9 Å². The lowest BCUT2D eigenvalue weighted by Gasteiger charge is -2.32. The van der Waals surface area contributed by atoms with Crippen LogP contribution in [0, 0.1) is 0 Å². The summed E-state index contributed by atoms with van der Waals surface area (Å²) in [5.74, 6) is 1.05. The molecule has 144 valence electrons. The van der Waals surface area contributed by atoms with Crippen LogP contribution in [0.15, 0.2) is 60.7 Å². The summed E-state index contributed by atoms with van der Waals surface area (Å²) in [7, 11) is 1.69. The van der Waals surface area contributed by atoms with Gasteiger partial charge in [0, 0.05) is 37.3 Å². The summed E-state index contributed by atoms with van der Waals surface area (Å²) in [6.07, 6.45) is 1.96. The van der Waals surface area contributed by atoms with Gasteiger partial charge in [-0.15, -0.1) is 0 Å². The number of rotatable bonds is 4. The van der Waals surface area contributed by atoms with Gasteiger partial charge < -0.3 is 15.0 Å². The van der Waals surface area contributed by atoms with Crippen molar-refractivity contribution < 1.29 is 9.53 Å². The summed E-state index contributed by atoms with van der Waals surface area (Å²) >= 11 is 0. The second-order valence-electron chi connectivity index (χ2n) is 7.40. The molecule has 0 unspecified atom stereocenters. The summed E-state index contributed by atoms with van der Waals surface area (Å²) in [6.45, 7) is 3.30. The van der Waals surface area contributed by atoms with Gasteiger partial charge in [-0.3, -0.25) is 4.79 Å². The number of piperidine rings is 1. The molecular weight excluding hydrogens is 348 g/mol. The van der Waals surface area contributed by atoms with Crippen LogP contribution in [0.4, 0.5) is 5.69 Å². The second kappa shape index (κ2) is 7.93. The maximum Gasteiger partial charge on any atom is 0.219 e. The first-order valence-corrected chi connectivity index (χ1v) is 9.83. The number of fused-ring (bicyclic) bond motifs is 1. The van der Waals surface area contributed by atoms with Crippen LogP contribution >= 0.6 is 0 Å². The summed E-state index contributed by atoms with van der Waals surface area (Å²) in [5, 5.41) is 6.08. The number of anilines is 1. The number of nitrogens with zero attached hydrogens (tertiary/aromatic N) is 1. The Morgan fingerprint density at radius 3 is 2.46 bits per heavy atom. The van der Waals surface area contributed by atoms with Crippen molar-refractivity contribution in [3.05, 3.63) is 60.7 Å². The minimum absolute atomic E-state index is 0.173. The number of likely N-dealkylation sites (tertiary alicyclic amines) is 1. The highest BCUT2D eigenvalue weighted by atomic mass is 16.5. The first kappa shape index (κ1) is 18.4. The summed E-state index contributed by atoms with van der Waals surface area (Å²) < 4.78 is 5.33. The molecule has 0 aliphatic carbocycles. The van der Waals surface area contributed by atoms with Gasteiger partial charge in [0.2, 0.25) is 5.91 Å². The quantitative estimate of drug-likeness (QED) is 0.703. The maximum absolute atomic E-state index is 11.5. The van der Waals surface area contributed by atoms with Crippen molar-refractivity contribution in [3.8, 4) is 16.9 Å². The van der Waals surface area contributed by atoms with Gasteiger partial charge in [0.25, 0.3) is 0 Å². The number of amides is 1. The third-order valence-electron chi connectivity index (χ3n) is 5.59. The lowest BCUT2D eigenvalue weighted by molar-refractivity contribution is -0.129. The zero-order valence-corrected chi connectivity index (χ0v) is 16.4. The van der Waals surface area contributed by atoms with E-state index in [9.17, 15) is 4.79 Å². The first-order valence-electron chi connectivity index (χ1n) is 9.83. The molecule has 1 saturated heterocycles. The molecule has 0 aromatic heterocycles. The Kier molecular flexibility index (Phi) is 5.20. The Hall–Kier alpha value is -3.01. The number of para-hydroxylation sites is 1. The molecule has 0 spiro atoms. The van der Waals surface area contributed by atoms with E-state index < -0.39 is 0 Å². The van der Waals surface area contributed by atoms with Crippen molar-refractivity contribution in [2.45, 2.75) is 25.8 Å². The SMILES string of the molecule is COc1ccc2cc(-c3ccccc3NC3CCN(C(C)=O)CC3)ccc2c1. The average molecular weight is 374 g/mol. The number of carbonyl (C=O) groups excluding carboxylic acids is 1. The molecule has 4 rings (SSSR count). The van der Waals surface area contributed by atoms with E-state index in [0.29, 0.717) is 6.04 Å². The molecule has 28 heavy (non-hydrogen) atoms. The van der Waals surface area contributed by atoms with Gasteiger partial charge in [0.1, 0.15) is 5.75 Å². The highest BCUT2D eigenvalue weighted by Gasteiger charge is 2.21. The standard InChI is InChI=1S/C24H26N2O2/c1-17(27)26-13-11-21(12-14-26)25-24-6-4-3-5-23(24)20-8-7-19-16-22(28-2)10-9-18(19)15-20/h3-10,15-16,21,25H,11-14H2,1-2H3. The van der Waals surface area contributed by atoms with E-state index >= 15 is 0 Å². The largest absolute Gasteiger partial charge is 0.497 e. The fourth-order valence-electron chi connectivity index (χ4n) is 3.94. The number of nitrogens with one attached hydrogen (secondary N) is 1. The number of hydrogen-bond acceptors (Lipinski definition) is 3. The molecule has 3 aromatic carbocycles. The number of ether oxygens (including phenoxy) is 1. The maximum atomic E-state index is 11.5. The van der Waals surface area contributed by atoms with E-state index in [1.807, 2.05) is 11.0 Å². The molecule has 3 aromatic rings. The lowest BCUT2D eigenvalue weighted by Crippen LogP contribution is -2.41. The van der Waals surface area contributed by atoms with Gasteiger partial charge in [-0.2, -0.15) is 0 Å². The molecule has 0 radical (unpaired) electrons. The summed E-state index contributed by atoms with van der Waals surface area (Å²) in [6, 6.07) is 21.6. The minimum Gasteiger partial charge on any atom is -0.497 e. The van der Waals surface area contributed by atoms with Crippen molar-refractivity contribution in [2.24, 2.45) is 0 Å². The fraction of sp³-hybridized carbons (Fsp3) is 0.292. The van der Waals surface area contributed by atoms with Gasteiger partial charge in [-0.1, -0.05) is 36.4 Å². The molecule has 4 nitrogen and oxygen atoms in total. The van der Waals surface area contributed by atoms with Crippen LogP contribution in [0.2, 0.25) is 0 Å². The highest BCUT2D eigenvalue weighted by Crippen LogP contribution is 2.32. The Balaban J connectivity index is 1.58. The molecule has 1 aliphatic rings. The Labute approximate surface area is 166 Å². The predicted molar refractivity (Wildman–Crippen MR) is 115 cm³/mol. The average Bonchev–Trinajstić information content (AvgIpc) is 2.74. The molecule has 0 atom stereocenters. The molecule has 1 fully saturated rings. The number of benzene rings is 3. The molecule has 1 amide bonds. The van der Waals surface area contributed by atoms with Gasteiger partial charge in [-0.05, 0) is 53.4 Å². The molecule has 4 heteroatoms. The van der Waals surface area contributed by atoms with E-state index in [0.717, 1.165) is 37.4 Å². The molecule has 0 saturated carbocycles. The monoisotopic (exact) mass is 374 g/mol. The molecule has 1 heterocycles. The second-order valence-corrected chi connectivity index (χ2v) is 7.40. The molecule has 0 bridgehead atoms. The molecule has 1 aliphatic heterocycles.